The van der Waals surface area contributed by atoms with Crippen LogP contribution in [0.25, 0.3) is 10.9 Å². The maximum atomic E-state index is 14.5. The van der Waals surface area contributed by atoms with Gasteiger partial charge in [-0.3, -0.25) is 9.69 Å². The summed E-state index contributed by atoms with van der Waals surface area (Å²) in [5.41, 5.74) is 1.96. The number of rotatable bonds is 5. The van der Waals surface area contributed by atoms with Crippen LogP contribution in [0.2, 0.25) is 5.02 Å². The molecule has 3 heterocycles. The molecule has 1 saturated carbocycles. The third-order valence-corrected chi connectivity index (χ3v) is 7.47. The predicted octanol–water partition coefficient (Wildman–Crippen LogP) is 4.36. The third kappa shape index (κ3) is 4.09. The lowest BCUT2D eigenvalue weighted by atomic mass is 10.0. The SMILES string of the molecule is C=CC(=O)Nc1cc2c(Nc3cccc(Cl)c3F)ncnc2cc1C#C[C@@]12C[C@@H]1CN(C1COC1)C2. The molecule has 0 unspecified atom stereocenters. The van der Waals surface area contributed by atoms with Crippen molar-refractivity contribution in [1.82, 2.24) is 14.9 Å². The summed E-state index contributed by atoms with van der Waals surface area (Å²) in [5.74, 6) is 6.85. The molecule has 0 bridgehead atoms. The molecule has 2 saturated heterocycles. The van der Waals surface area contributed by atoms with Gasteiger partial charge in [-0.15, -0.1) is 0 Å². The zero-order chi connectivity index (χ0) is 24.9. The van der Waals surface area contributed by atoms with E-state index in [9.17, 15) is 9.18 Å². The molecule has 36 heavy (non-hydrogen) atoms. The van der Waals surface area contributed by atoms with E-state index >= 15 is 0 Å². The molecule has 1 amide bonds. The zero-order valence-corrected chi connectivity index (χ0v) is 20.1. The van der Waals surface area contributed by atoms with E-state index in [1.807, 2.05) is 6.07 Å². The fourth-order valence-electron chi connectivity index (χ4n) is 4.94. The van der Waals surface area contributed by atoms with Gasteiger partial charge >= 0.3 is 0 Å². The number of anilines is 3. The molecule has 3 aliphatic rings. The van der Waals surface area contributed by atoms with Crippen LogP contribution in [0.4, 0.5) is 21.6 Å². The Labute approximate surface area is 212 Å². The largest absolute Gasteiger partial charge is 0.378 e. The lowest BCUT2D eigenvalue weighted by Crippen LogP contribution is -2.49. The number of nitrogens with zero attached hydrogens (tertiary/aromatic N) is 3. The number of nitrogens with one attached hydrogen (secondary N) is 2. The van der Waals surface area contributed by atoms with E-state index in [1.165, 1.54) is 18.5 Å². The fourth-order valence-corrected chi connectivity index (χ4v) is 5.12. The molecule has 1 aliphatic carbocycles. The smallest absolute Gasteiger partial charge is 0.247 e. The number of hydrogen-bond acceptors (Lipinski definition) is 6. The highest BCUT2D eigenvalue weighted by molar-refractivity contribution is 6.31. The van der Waals surface area contributed by atoms with E-state index < -0.39 is 5.82 Å². The van der Waals surface area contributed by atoms with E-state index in [0.29, 0.717) is 39.9 Å². The normalized spacial score (nSPS) is 22.8. The number of benzene rings is 2. The first-order valence-electron chi connectivity index (χ1n) is 11.7. The maximum absolute atomic E-state index is 14.5. The van der Waals surface area contributed by atoms with E-state index in [4.69, 9.17) is 16.3 Å². The van der Waals surface area contributed by atoms with Gasteiger partial charge in [0, 0.05) is 23.9 Å². The molecule has 2 N–H and O–H groups in total. The molecule has 2 atom stereocenters. The summed E-state index contributed by atoms with van der Waals surface area (Å²) in [6.45, 7) is 7.15. The van der Waals surface area contributed by atoms with Crippen LogP contribution in [-0.2, 0) is 9.53 Å². The molecule has 3 fully saturated rings. The molecule has 0 spiro atoms. The van der Waals surface area contributed by atoms with Crippen molar-refractivity contribution in [1.29, 1.82) is 0 Å². The number of amides is 1. The van der Waals surface area contributed by atoms with Crippen LogP contribution < -0.4 is 10.6 Å². The van der Waals surface area contributed by atoms with Gasteiger partial charge in [-0.05, 0) is 42.7 Å². The standard InChI is InChI=1S/C27H23ClFN5O2/c1-2-24(35)32-22-9-19-23(30-15-31-26(19)33-21-5-3-4-20(28)25(21)29)8-16(22)6-7-27-10-17(27)11-34(14-27)18-12-36-13-18/h2-5,8-9,15,17-18H,1,10-14H2,(H,32,35)(H,30,31,33)/t17-,27+/m1/s1. The molecule has 2 aliphatic heterocycles. The molecular formula is C27H23ClFN5O2. The van der Waals surface area contributed by atoms with Gasteiger partial charge < -0.3 is 15.4 Å². The lowest BCUT2D eigenvalue weighted by Gasteiger charge is -2.35. The average molecular weight is 504 g/mol. The van der Waals surface area contributed by atoms with Crippen molar-refractivity contribution < 1.29 is 13.9 Å². The average Bonchev–Trinajstić information content (AvgIpc) is 3.39. The van der Waals surface area contributed by atoms with Crippen molar-refractivity contribution >= 4 is 45.6 Å². The van der Waals surface area contributed by atoms with Crippen LogP contribution in [0.15, 0.2) is 49.3 Å². The summed E-state index contributed by atoms with van der Waals surface area (Å²) in [4.78, 5) is 23.4. The number of halogens is 2. The summed E-state index contributed by atoms with van der Waals surface area (Å²) in [5, 5.41) is 6.44. The van der Waals surface area contributed by atoms with Crippen LogP contribution in [0.1, 0.15) is 12.0 Å². The Bertz CT molecular complexity index is 1460. The first kappa shape index (κ1) is 22.9. The minimum absolute atomic E-state index is 0.00271. The van der Waals surface area contributed by atoms with E-state index in [1.54, 1.807) is 18.2 Å². The van der Waals surface area contributed by atoms with Crippen LogP contribution in [0.3, 0.4) is 0 Å². The highest BCUT2D eigenvalue weighted by atomic mass is 35.5. The number of ether oxygens (including phenoxy) is 1. The molecule has 3 aromatic rings. The second-order valence-electron chi connectivity index (χ2n) is 9.48. The number of aromatic nitrogens is 2. The number of fused-ring (bicyclic) bond motifs is 2. The van der Waals surface area contributed by atoms with E-state index in [0.717, 1.165) is 32.7 Å². The van der Waals surface area contributed by atoms with Gasteiger partial charge in [-0.2, -0.15) is 0 Å². The first-order chi connectivity index (χ1) is 17.5. The lowest BCUT2D eigenvalue weighted by molar-refractivity contribution is -0.111. The molecule has 9 heteroatoms. The highest BCUT2D eigenvalue weighted by Crippen LogP contribution is 2.58. The Balaban J connectivity index is 1.36. The van der Waals surface area contributed by atoms with Gasteiger partial charge in [0.1, 0.15) is 12.1 Å². The molecular weight excluding hydrogens is 481 g/mol. The van der Waals surface area contributed by atoms with Crippen molar-refractivity contribution in [2.75, 3.05) is 36.9 Å². The van der Waals surface area contributed by atoms with Crippen LogP contribution >= 0.6 is 11.6 Å². The summed E-state index contributed by atoms with van der Waals surface area (Å²) < 4.78 is 19.9. The third-order valence-electron chi connectivity index (χ3n) is 7.18. The Morgan fingerprint density at radius 1 is 1.31 bits per heavy atom. The van der Waals surface area contributed by atoms with Gasteiger partial charge in [0.15, 0.2) is 5.82 Å². The molecule has 7 nitrogen and oxygen atoms in total. The van der Waals surface area contributed by atoms with Crippen molar-refractivity contribution in [3.63, 3.8) is 0 Å². The molecule has 1 aromatic heterocycles. The summed E-state index contributed by atoms with van der Waals surface area (Å²) in [6.07, 6.45) is 3.69. The topological polar surface area (TPSA) is 79.4 Å². The quantitative estimate of drug-likeness (QED) is 0.398. The Hall–Kier alpha value is -3.51. The minimum Gasteiger partial charge on any atom is -0.378 e. The highest BCUT2D eigenvalue weighted by Gasteiger charge is 2.60. The number of hydrogen-bond donors (Lipinski definition) is 2. The summed E-state index contributed by atoms with van der Waals surface area (Å²) in [6, 6.07) is 8.77. The van der Waals surface area contributed by atoms with Crippen molar-refractivity contribution in [2.45, 2.75) is 12.5 Å². The van der Waals surface area contributed by atoms with Gasteiger partial charge in [0.05, 0.1) is 46.7 Å². The van der Waals surface area contributed by atoms with Crippen LogP contribution in [-0.4, -0.2) is 53.1 Å². The Morgan fingerprint density at radius 2 is 2.17 bits per heavy atom. The number of piperidine rings is 1. The van der Waals surface area contributed by atoms with Gasteiger partial charge in [-0.25, -0.2) is 14.4 Å². The van der Waals surface area contributed by atoms with Gasteiger partial charge in [-0.1, -0.05) is 36.1 Å². The van der Waals surface area contributed by atoms with Crippen molar-refractivity contribution in [3.05, 3.63) is 65.7 Å². The molecule has 182 valence electrons. The number of carbonyl (C=O) groups is 1. The monoisotopic (exact) mass is 503 g/mol. The maximum Gasteiger partial charge on any atom is 0.247 e. The molecule has 0 radical (unpaired) electrons. The van der Waals surface area contributed by atoms with E-state index in [-0.39, 0.29) is 22.0 Å². The number of likely N-dealkylation sites (tertiary alicyclic amines) is 1. The minimum atomic E-state index is -0.578. The van der Waals surface area contributed by atoms with Gasteiger partial charge in [0.2, 0.25) is 5.91 Å². The Morgan fingerprint density at radius 3 is 2.94 bits per heavy atom. The Kier molecular flexibility index (Phi) is 5.64. The number of carbonyl (C=O) groups excluding carboxylic acids is 1. The van der Waals surface area contributed by atoms with Gasteiger partial charge in [0.25, 0.3) is 0 Å². The second-order valence-corrected chi connectivity index (χ2v) is 9.89. The van der Waals surface area contributed by atoms with E-state index in [2.05, 4.69) is 43.9 Å². The fraction of sp³-hybridized carbons (Fsp3) is 0.296. The molecule has 6 rings (SSSR count). The second kappa shape index (κ2) is 8.86. The summed E-state index contributed by atoms with van der Waals surface area (Å²) in [7, 11) is 0. The van der Waals surface area contributed by atoms with Crippen molar-refractivity contribution in [2.24, 2.45) is 11.3 Å². The molecule has 2 aromatic carbocycles. The predicted molar refractivity (Wildman–Crippen MR) is 137 cm³/mol. The van der Waals surface area contributed by atoms with Crippen molar-refractivity contribution in [3.8, 4) is 11.8 Å². The first-order valence-corrected chi connectivity index (χ1v) is 12.1. The van der Waals surface area contributed by atoms with Crippen LogP contribution in [0, 0.1) is 29.0 Å². The zero-order valence-electron chi connectivity index (χ0n) is 19.4. The van der Waals surface area contributed by atoms with Crippen LogP contribution in [0.5, 0.6) is 0 Å². The summed E-state index contributed by atoms with van der Waals surface area (Å²) >= 11 is 5.93.